The zero-order chi connectivity index (χ0) is 15.6. The molecule has 2 unspecified atom stereocenters. The summed E-state index contributed by atoms with van der Waals surface area (Å²) in [5.74, 6) is 0.0541. The largest absolute Gasteiger partial charge is 0.356 e. The van der Waals surface area contributed by atoms with Gasteiger partial charge in [0, 0.05) is 5.56 Å². The second kappa shape index (κ2) is 5.82. The lowest BCUT2D eigenvalue weighted by atomic mass is 9.95. The molecule has 3 aromatic carbocycles. The molecule has 1 saturated heterocycles. The normalized spacial score (nSPS) is 19.3. The quantitative estimate of drug-likeness (QED) is 0.517. The highest BCUT2D eigenvalue weighted by molar-refractivity contribution is 6.01. The van der Waals surface area contributed by atoms with E-state index in [1.165, 1.54) is 0 Å². The fourth-order valence-electron chi connectivity index (χ4n) is 2.94. The minimum Gasteiger partial charge on any atom is -0.356 e. The van der Waals surface area contributed by atoms with Crippen LogP contribution in [-0.4, -0.2) is 11.9 Å². The van der Waals surface area contributed by atoms with E-state index in [9.17, 15) is 4.79 Å². The van der Waals surface area contributed by atoms with Crippen LogP contribution in [0.25, 0.3) is 11.1 Å². The van der Waals surface area contributed by atoms with Crippen LogP contribution in [0.3, 0.4) is 0 Å². The molecule has 4 rings (SSSR count). The van der Waals surface area contributed by atoms with Crippen LogP contribution in [0.5, 0.6) is 0 Å². The summed E-state index contributed by atoms with van der Waals surface area (Å²) < 4.78 is 5.73. The Morgan fingerprint density at radius 3 is 2.09 bits per heavy atom. The number of carbonyl (C=O) groups excluding carboxylic acids is 1. The second-order valence-corrected chi connectivity index (χ2v) is 5.66. The van der Waals surface area contributed by atoms with E-state index >= 15 is 0 Å². The van der Waals surface area contributed by atoms with E-state index < -0.39 is 0 Å². The SMILES string of the molecule is O=C(c1ccccc1)C1OC1c1ccccc1-c1ccccc1. The van der Waals surface area contributed by atoms with Gasteiger partial charge in [-0.05, 0) is 16.7 Å². The van der Waals surface area contributed by atoms with Crippen molar-refractivity contribution in [3.05, 3.63) is 96.1 Å². The Labute approximate surface area is 135 Å². The highest BCUT2D eigenvalue weighted by Gasteiger charge is 2.47. The third kappa shape index (κ3) is 2.69. The van der Waals surface area contributed by atoms with Gasteiger partial charge in [-0.15, -0.1) is 0 Å². The van der Waals surface area contributed by atoms with Gasteiger partial charge >= 0.3 is 0 Å². The first-order valence-corrected chi connectivity index (χ1v) is 7.73. The van der Waals surface area contributed by atoms with E-state index in [0.29, 0.717) is 5.56 Å². The fourth-order valence-corrected chi connectivity index (χ4v) is 2.94. The molecule has 2 atom stereocenters. The lowest BCUT2D eigenvalue weighted by Crippen LogP contribution is -2.08. The molecule has 1 fully saturated rings. The lowest BCUT2D eigenvalue weighted by Gasteiger charge is -2.07. The molecule has 0 radical (unpaired) electrons. The van der Waals surface area contributed by atoms with E-state index in [1.54, 1.807) is 0 Å². The molecule has 3 aromatic rings. The maximum Gasteiger partial charge on any atom is 0.194 e. The van der Waals surface area contributed by atoms with Gasteiger partial charge in [0.2, 0.25) is 0 Å². The first kappa shape index (κ1) is 13.9. The van der Waals surface area contributed by atoms with E-state index in [-0.39, 0.29) is 18.0 Å². The molecule has 112 valence electrons. The van der Waals surface area contributed by atoms with Crippen molar-refractivity contribution in [2.75, 3.05) is 0 Å². The number of ketones is 1. The number of epoxide rings is 1. The Balaban J connectivity index is 1.63. The molecular weight excluding hydrogens is 284 g/mol. The molecule has 0 aliphatic carbocycles. The number of benzene rings is 3. The number of Topliss-reactive ketones (excluding diaryl/α,β-unsaturated/α-hetero) is 1. The van der Waals surface area contributed by atoms with Gasteiger partial charge in [-0.25, -0.2) is 0 Å². The third-order valence-electron chi connectivity index (χ3n) is 4.16. The molecular formula is C21H16O2. The van der Waals surface area contributed by atoms with Crippen LogP contribution < -0.4 is 0 Å². The predicted molar refractivity (Wildman–Crippen MR) is 90.3 cm³/mol. The summed E-state index contributed by atoms with van der Waals surface area (Å²) in [4.78, 5) is 12.5. The molecule has 0 N–H and O–H groups in total. The number of hydrogen-bond donors (Lipinski definition) is 0. The van der Waals surface area contributed by atoms with Gasteiger partial charge in [0.25, 0.3) is 0 Å². The molecule has 2 heteroatoms. The van der Waals surface area contributed by atoms with Crippen molar-refractivity contribution in [3.63, 3.8) is 0 Å². The Morgan fingerprint density at radius 1 is 0.739 bits per heavy atom. The predicted octanol–water partition coefficient (Wildman–Crippen LogP) is 4.68. The molecule has 0 spiro atoms. The second-order valence-electron chi connectivity index (χ2n) is 5.66. The molecule has 0 saturated carbocycles. The van der Waals surface area contributed by atoms with Crippen molar-refractivity contribution in [3.8, 4) is 11.1 Å². The van der Waals surface area contributed by atoms with Crippen molar-refractivity contribution >= 4 is 5.78 Å². The molecule has 23 heavy (non-hydrogen) atoms. The van der Waals surface area contributed by atoms with Crippen LogP contribution in [-0.2, 0) is 4.74 Å². The van der Waals surface area contributed by atoms with E-state index in [1.807, 2.05) is 66.7 Å². The highest BCUT2D eigenvalue weighted by Crippen LogP contribution is 2.44. The third-order valence-corrected chi connectivity index (χ3v) is 4.16. The van der Waals surface area contributed by atoms with Crippen LogP contribution in [0.2, 0.25) is 0 Å². The molecule has 1 aliphatic rings. The summed E-state index contributed by atoms with van der Waals surface area (Å²) in [7, 11) is 0. The van der Waals surface area contributed by atoms with E-state index in [4.69, 9.17) is 4.74 Å². The van der Waals surface area contributed by atoms with E-state index in [2.05, 4.69) is 18.2 Å². The van der Waals surface area contributed by atoms with Gasteiger partial charge in [-0.1, -0.05) is 84.9 Å². The summed E-state index contributed by atoms with van der Waals surface area (Å²) >= 11 is 0. The van der Waals surface area contributed by atoms with Gasteiger partial charge in [-0.2, -0.15) is 0 Å². The average Bonchev–Trinajstić information content (AvgIpc) is 3.43. The van der Waals surface area contributed by atoms with Crippen molar-refractivity contribution in [2.45, 2.75) is 12.2 Å². The first-order chi connectivity index (χ1) is 11.3. The van der Waals surface area contributed by atoms with Gasteiger partial charge in [0.05, 0.1) is 0 Å². The van der Waals surface area contributed by atoms with Crippen LogP contribution in [0.15, 0.2) is 84.9 Å². The van der Waals surface area contributed by atoms with Gasteiger partial charge in [0.15, 0.2) is 11.9 Å². The summed E-state index contributed by atoms with van der Waals surface area (Å²) in [5, 5.41) is 0. The Hall–Kier alpha value is -2.71. The molecule has 2 nitrogen and oxygen atoms in total. The average molecular weight is 300 g/mol. The highest BCUT2D eigenvalue weighted by atomic mass is 16.6. The van der Waals surface area contributed by atoms with Crippen LogP contribution >= 0.6 is 0 Å². The summed E-state index contributed by atoms with van der Waals surface area (Å²) in [6.45, 7) is 0. The Kier molecular flexibility index (Phi) is 3.52. The smallest absolute Gasteiger partial charge is 0.194 e. The Bertz CT molecular complexity index is 825. The molecule has 0 aromatic heterocycles. The monoisotopic (exact) mass is 300 g/mol. The topological polar surface area (TPSA) is 29.6 Å². The number of rotatable bonds is 4. The zero-order valence-corrected chi connectivity index (χ0v) is 12.6. The minimum atomic E-state index is -0.373. The van der Waals surface area contributed by atoms with Crippen molar-refractivity contribution < 1.29 is 9.53 Å². The van der Waals surface area contributed by atoms with Crippen molar-refractivity contribution in [1.29, 1.82) is 0 Å². The van der Waals surface area contributed by atoms with Crippen LogP contribution in [0, 0.1) is 0 Å². The maximum atomic E-state index is 12.5. The summed E-state index contributed by atoms with van der Waals surface area (Å²) in [6, 6.07) is 27.7. The standard InChI is InChI=1S/C21H16O2/c22-19(16-11-5-2-6-12-16)21-20(23-21)18-14-8-7-13-17(18)15-9-3-1-4-10-15/h1-14,20-21H. The molecule has 0 bridgehead atoms. The molecule has 1 aliphatic heterocycles. The van der Waals surface area contributed by atoms with E-state index in [0.717, 1.165) is 16.7 Å². The maximum absolute atomic E-state index is 12.5. The van der Waals surface area contributed by atoms with Crippen LogP contribution in [0.1, 0.15) is 22.0 Å². The lowest BCUT2D eigenvalue weighted by molar-refractivity contribution is 0.0953. The van der Waals surface area contributed by atoms with Crippen molar-refractivity contribution in [2.24, 2.45) is 0 Å². The Morgan fingerprint density at radius 2 is 1.35 bits per heavy atom. The number of carbonyl (C=O) groups is 1. The van der Waals surface area contributed by atoms with Crippen LogP contribution in [0.4, 0.5) is 0 Å². The zero-order valence-electron chi connectivity index (χ0n) is 12.6. The molecule has 1 heterocycles. The summed E-state index contributed by atoms with van der Waals surface area (Å²) in [6.07, 6.45) is -0.527. The first-order valence-electron chi connectivity index (χ1n) is 7.73. The van der Waals surface area contributed by atoms with Gasteiger partial charge in [0.1, 0.15) is 6.10 Å². The van der Waals surface area contributed by atoms with Crippen molar-refractivity contribution in [1.82, 2.24) is 0 Å². The van der Waals surface area contributed by atoms with Gasteiger partial charge in [-0.3, -0.25) is 4.79 Å². The molecule has 0 amide bonds. The minimum absolute atomic E-state index is 0.0541. The van der Waals surface area contributed by atoms with Gasteiger partial charge < -0.3 is 4.74 Å². The number of ether oxygens (including phenoxy) is 1. The summed E-state index contributed by atoms with van der Waals surface area (Å²) in [5.41, 5.74) is 4.05. The number of hydrogen-bond acceptors (Lipinski definition) is 2. The fraction of sp³-hybridized carbons (Fsp3) is 0.0952.